The van der Waals surface area contributed by atoms with E-state index in [1.165, 1.54) is 4.88 Å². The topological polar surface area (TPSA) is 115 Å². The Morgan fingerprint density at radius 3 is 2.24 bits per heavy atom. The molecule has 0 unspecified atom stereocenters. The number of likely N-dealkylation sites (N-methyl/N-ethyl adjacent to an activating group) is 1. The van der Waals surface area contributed by atoms with Crippen LogP contribution in [-0.2, 0) is 16.0 Å². The fraction of sp³-hybridized carbons (Fsp3) is 0.467. The molecular weight excluding hydrogens is 542 g/mol. The first-order chi connectivity index (χ1) is 20.1. The third kappa shape index (κ3) is 9.32. The summed E-state index contributed by atoms with van der Waals surface area (Å²) in [4.78, 5) is 10.9. The summed E-state index contributed by atoms with van der Waals surface area (Å²) in [6.07, 6.45) is 2.88. The van der Waals surface area contributed by atoms with Gasteiger partial charge in [-0.25, -0.2) is 4.98 Å². The molecule has 3 N–H and O–H groups in total. The second-order valence-corrected chi connectivity index (χ2v) is 10.9. The van der Waals surface area contributed by atoms with Crippen LogP contribution in [0.25, 0.3) is 11.3 Å². The SMILES string of the molecule is COCCN(C)c1nc(-c2ccc(OCCCCCOc3ccc(/C(N)=N\O)cc3)cc2)c(CN2CCOCC2)s1. The van der Waals surface area contributed by atoms with Gasteiger partial charge in [-0.2, -0.15) is 0 Å². The average Bonchev–Trinajstić information content (AvgIpc) is 3.43. The van der Waals surface area contributed by atoms with Crippen LogP contribution in [0.3, 0.4) is 0 Å². The molecule has 1 aliphatic heterocycles. The third-order valence-electron chi connectivity index (χ3n) is 6.83. The first kappa shape index (κ1) is 30.6. The van der Waals surface area contributed by atoms with Gasteiger partial charge in [-0.05, 0) is 67.8 Å². The van der Waals surface area contributed by atoms with Crippen molar-refractivity contribution in [2.24, 2.45) is 10.9 Å². The van der Waals surface area contributed by atoms with Gasteiger partial charge in [-0.15, -0.1) is 0 Å². The molecule has 4 rings (SSSR count). The van der Waals surface area contributed by atoms with Gasteiger partial charge in [-0.3, -0.25) is 4.90 Å². The second-order valence-electron chi connectivity index (χ2n) is 9.86. The number of ether oxygens (including phenoxy) is 4. The van der Waals surface area contributed by atoms with E-state index in [0.29, 0.717) is 25.4 Å². The van der Waals surface area contributed by atoms with Crippen molar-refractivity contribution in [3.05, 3.63) is 59.0 Å². The van der Waals surface area contributed by atoms with Crippen LogP contribution in [0.2, 0.25) is 0 Å². The summed E-state index contributed by atoms with van der Waals surface area (Å²) in [5.41, 5.74) is 8.37. The molecule has 0 aliphatic carbocycles. The van der Waals surface area contributed by atoms with Crippen molar-refractivity contribution in [1.29, 1.82) is 0 Å². The fourth-order valence-corrected chi connectivity index (χ4v) is 5.48. The second kappa shape index (κ2) is 16.2. The smallest absolute Gasteiger partial charge is 0.185 e. The van der Waals surface area contributed by atoms with Crippen LogP contribution >= 0.6 is 11.3 Å². The number of aromatic nitrogens is 1. The maximum absolute atomic E-state index is 8.74. The Hall–Kier alpha value is -3.38. The number of morpholine rings is 1. The van der Waals surface area contributed by atoms with Gasteiger partial charge in [0.15, 0.2) is 11.0 Å². The van der Waals surface area contributed by atoms with Crippen molar-refractivity contribution in [1.82, 2.24) is 9.88 Å². The van der Waals surface area contributed by atoms with E-state index in [1.807, 2.05) is 24.3 Å². The molecule has 1 saturated heterocycles. The molecular formula is C30H41N5O5S. The fourth-order valence-electron chi connectivity index (χ4n) is 4.37. The van der Waals surface area contributed by atoms with E-state index < -0.39 is 0 Å². The molecule has 1 aliphatic rings. The van der Waals surface area contributed by atoms with E-state index in [1.54, 1.807) is 30.6 Å². The lowest BCUT2D eigenvalue weighted by Crippen LogP contribution is -2.35. The molecule has 0 radical (unpaired) electrons. The van der Waals surface area contributed by atoms with Crippen LogP contribution in [0.1, 0.15) is 29.7 Å². The van der Waals surface area contributed by atoms with Gasteiger partial charge in [0.1, 0.15) is 11.5 Å². The number of methoxy groups -OCH3 is 1. The standard InChI is InChI=1S/C30H41N5O5S/c1-34(14-19-37-2)30-32-28(27(41-30)22-35-15-20-38-21-16-35)23-6-10-25(11-7-23)39-17-4-3-5-18-40-26-12-8-24(9-13-26)29(31)33-36/h6-13,36H,3-5,14-22H2,1-2H3,(H2,31,33). The van der Waals surface area contributed by atoms with Crippen LogP contribution in [0.5, 0.6) is 11.5 Å². The maximum atomic E-state index is 8.74. The molecule has 3 aromatic rings. The zero-order valence-corrected chi connectivity index (χ0v) is 24.8. The molecule has 41 heavy (non-hydrogen) atoms. The lowest BCUT2D eigenvalue weighted by molar-refractivity contribution is 0.0347. The Labute approximate surface area is 246 Å². The molecule has 0 atom stereocenters. The molecule has 2 aromatic carbocycles. The summed E-state index contributed by atoms with van der Waals surface area (Å²) in [7, 11) is 3.78. The van der Waals surface area contributed by atoms with Gasteiger partial charge in [0.05, 0.1) is 38.7 Å². The van der Waals surface area contributed by atoms with Gasteiger partial charge < -0.3 is 34.8 Å². The van der Waals surface area contributed by atoms with Crippen LogP contribution in [-0.4, -0.2) is 87.8 Å². The number of nitrogens with two attached hydrogens (primary N) is 1. The van der Waals surface area contributed by atoms with Crippen molar-refractivity contribution in [2.45, 2.75) is 25.8 Å². The Morgan fingerprint density at radius 2 is 1.63 bits per heavy atom. The predicted octanol–water partition coefficient (Wildman–Crippen LogP) is 4.45. The summed E-state index contributed by atoms with van der Waals surface area (Å²) in [6.45, 7) is 7.04. The van der Waals surface area contributed by atoms with Gasteiger partial charge in [-0.1, -0.05) is 16.5 Å². The van der Waals surface area contributed by atoms with Crippen LogP contribution < -0.4 is 20.1 Å². The summed E-state index contributed by atoms with van der Waals surface area (Å²) in [6, 6.07) is 15.4. The molecule has 11 heteroatoms. The van der Waals surface area contributed by atoms with E-state index in [-0.39, 0.29) is 5.84 Å². The highest BCUT2D eigenvalue weighted by Crippen LogP contribution is 2.34. The van der Waals surface area contributed by atoms with Crippen molar-refractivity contribution in [3.63, 3.8) is 0 Å². The van der Waals surface area contributed by atoms with E-state index in [2.05, 4.69) is 34.1 Å². The number of benzene rings is 2. The number of anilines is 1. The number of thiazole rings is 1. The van der Waals surface area contributed by atoms with Crippen molar-refractivity contribution in [2.75, 3.05) is 71.7 Å². The highest BCUT2D eigenvalue weighted by atomic mass is 32.1. The molecule has 0 spiro atoms. The molecule has 1 fully saturated rings. The quantitative estimate of drug-likeness (QED) is 0.0830. The first-order valence-electron chi connectivity index (χ1n) is 14.0. The summed E-state index contributed by atoms with van der Waals surface area (Å²) >= 11 is 1.75. The van der Waals surface area contributed by atoms with Gasteiger partial charge in [0.25, 0.3) is 0 Å². The lowest BCUT2D eigenvalue weighted by Gasteiger charge is -2.26. The van der Waals surface area contributed by atoms with Gasteiger partial charge in [0, 0.05) is 56.3 Å². The summed E-state index contributed by atoms with van der Waals surface area (Å²) in [5, 5.41) is 12.7. The van der Waals surface area contributed by atoms with E-state index in [4.69, 9.17) is 34.9 Å². The van der Waals surface area contributed by atoms with E-state index in [9.17, 15) is 0 Å². The van der Waals surface area contributed by atoms with E-state index in [0.717, 1.165) is 86.5 Å². The minimum atomic E-state index is 0.0820. The first-order valence-corrected chi connectivity index (χ1v) is 14.8. The molecule has 0 saturated carbocycles. The van der Waals surface area contributed by atoms with Crippen molar-refractivity contribution < 1.29 is 24.2 Å². The molecule has 10 nitrogen and oxygen atoms in total. The minimum Gasteiger partial charge on any atom is -0.494 e. The number of rotatable bonds is 16. The van der Waals surface area contributed by atoms with Crippen LogP contribution in [0.15, 0.2) is 53.7 Å². The Morgan fingerprint density at radius 1 is 1.00 bits per heavy atom. The molecule has 2 heterocycles. The van der Waals surface area contributed by atoms with Crippen LogP contribution in [0, 0.1) is 0 Å². The largest absolute Gasteiger partial charge is 0.494 e. The van der Waals surface area contributed by atoms with Gasteiger partial charge >= 0.3 is 0 Å². The number of hydrogen-bond donors (Lipinski definition) is 2. The zero-order valence-electron chi connectivity index (χ0n) is 24.0. The lowest BCUT2D eigenvalue weighted by atomic mass is 10.1. The third-order valence-corrected chi connectivity index (χ3v) is 7.98. The molecule has 0 amide bonds. The van der Waals surface area contributed by atoms with E-state index >= 15 is 0 Å². The summed E-state index contributed by atoms with van der Waals surface area (Å²) in [5.74, 6) is 1.70. The Balaban J connectivity index is 1.24. The number of unbranched alkanes of at least 4 members (excludes halogenated alkanes) is 2. The monoisotopic (exact) mass is 583 g/mol. The number of amidine groups is 1. The van der Waals surface area contributed by atoms with Crippen molar-refractivity contribution >= 4 is 22.3 Å². The van der Waals surface area contributed by atoms with Gasteiger partial charge in [0.2, 0.25) is 0 Å². The minimum absolute atomic E-state index is 0.0820. The number of oxime groups is 1. The summed E-state index contributed by atoms with van der Waals surface area (Å²) < 4.78 is 22.6. The zero-order chi connectivity index (χ0) is 28.9. The maximum Gasteiger partial charge on any atom is 0.185 e. The molecule has 1 aromatic heterocycles. The number of hydrogen-bond acceptors (Lipinski definition) is 10. The number of nitrogens with zero attached hydrogens (tertiary/aromatic N) is 4. The molecule has 0 bridgehead atoms. The highest BCUT2D eigenvalue weighted by molar-refractivity contribution is 7.16. The Bertz CT molecular complexity index is 1210. The van der Waals surface area contributed by atoms with Crippen LogP contribution in [0.4, 0.5) is 5.13 Å². The Kier molecular flexibility index (Phi) is 12.1. The normalized spacial score (nSPS) is 14.2. The molecule has 222 valence electrons. The highest BCUT2D eigenvalue weighted by Gasteiger charge is 2.19. The predicted molar refractivity (Wildman–Crippen MR) is 163 cm³/mol. The average molecular weight is 584 g/mol. The van der Waals surface area contributed by atoms with Crippen molar-refractivity contribution in [3.8, 4) is 22.8 Å².